The lowest BCUT2D eigenvalue weighted by molar-refractivity contribution is 0.0939. The van der Waals surface area contributed by atoms with Gasteiger partial charge in [-0.1, -0.05) is 6.07 Å². The van der Waals surface area contributed by atoms with Crippen molar-refractivity contribution in [2.24, 2.45) is 5.41 Å². The molecule has 18 heavy (non-hydrogen) atoms. The average Bonchev–Trinajstić information content (AvgIpc) is 3.16. The van der Waals surface area contributed by atoms with Crippen molar-refractivity contribution in [3.63, 3.8) is 0 Å². The molecule has 1 N–H and O–H groups in total. The van der Waals surface area contributed by atoms with Crippen LogP contribution < -0.4 is 10.1 Å². The Balaban J connectivity index is 2.09. The number of amides is 1. The van der Waals surface area contributed by atoms with Gasteiger partial charge in [-0.15, -0.1) is 11.6 Å². The summed E-state index contributed by atoms with van der Waals surface area (Å²) in [5.41, 5.74) is -0.0410. The zero-order valence-electron chi connectivity index (χ0n) is 10.1. The van der Waals surface area contributed by atoms with E-state index in [1.807, 2.05) is 0 Å². The molecule has 1 aliphatic rings. The van der Waals surface area contributed by atoms with Gasteiger partial charge in [-0.25, -0.2) is 4.39 Å². The molecule has 0 aromatic heterocycles. The number of benzene rings is 1. The van der Waals surface area contributed by atoms with E-state index in [2.05, 4.69) is 5.32 Å². The molecule has 1 saturated carbocycles. The lowest BCUT2D eigenvalue weighted by Crippen LogP contribution is -2.31. The topological polar surface area (TPSA) is 38.3 Å². The third kappa shape index (κ3) is 2.58. The van der Waals surface area contributed by atoms with E-state index < -0.39 is 11.7 Å². The molecular formula is C13H15ClFNO2. The van der Waals surface area contributed by atoms with Crippen molar-refractivity contribution in [2.75, 3.05) is 19.5 Å². The summed E-state index contributed by atoms with van der Waals surface area (Å²) in [5.74, 6) is -0.283. The Morgan fingerprint density at radius 1 is 1.56 bits per heavy atom. The van der Waals surface area contributed by atoms with Crippen molar-refractivity contribution in [3.8, 4) is 5.75 Å². The molecule has 0 unspecified atom stereocenters. The molecule has 1 aliphatic carbocycles. The predicted molar refractivity (Wildman–Crippen MR) is 67.7 cm³/mol. The molecule has 0 radical (unpaired) electrons. The number of ether oxygens (including phenoxy) is 1. The van der Waals surface area contributed by atoms with E-state index >= 15 is 0 Å². The van der Waals surface area contributed by atoms with Crippen LogP contribution in [0.25, 0.3) is 0 Å². The first kappa shape index (κ1) is 13.1. The van der Waals surface area contributed by atoms with Crippen molar-refractivity contribution in [2.45, 2.75) is 12.8 Å². The van der Waals surface area contributed by atoms with Crippen LogP contribution in [0, 0.1) is 11.2 Å². The van der Waals surface area contributed by atoms with Crippen LogP contribution in [0.15, 0.2) is 18.2 Å². The first-order valence-electron chi connectivity index (χ1n) is 5.78. The van der Waals surface area contributed by atoms with Crippen molar-refractivity contribution >= 4 is 17.5 Å². The Morgan fingerprint density at radius 2 is 2.28 bits per heavy atom. The Morgan fingerprint density at radius 3 is 2.83 bits per heavy atom. The van der Waals surface area contributed by atoms with E-state index in [1.165, 1.54) is 19.2 Å². The third-order valence-electron chi connectivity index (χ3n) is 3.29. The van der Waals surface area contributed by atoms with Gasteiger partial charge in [0.2, 0.25) is 0 Å². The quantitative estimate of drug-likeness (QED) is 0.836. The molecule has 3 nitrogen and oxygen atoms in total. The van der Waals surface area contributed by atoms with Crippen LogP contribution in [-0.4, -0.2) is 25.4 Å². The SMILES string of the molecule is COc1cccc(F)c1C(=O)NCC1(CCl)CC1. The number of nitrogens with one attached hydrogen (secondary N) is 1. The summed E-state index contributed by atoms with van der Waals surface area (Å²) in [6, 6.07) is 4.31. The average molecular weight is 272 g/mol. The maximum absolute atomic E-state index is 13.6. The minimum absolute atomic E-state index is 0.00963. The standard InChI is InChI=1S/C13H15ClFNO2/c1-18-10-4-2-3-9(15)11(10)12(17)16-8-13(7-14)5-6-13/h2-4H,5-8H2,1H3,(H,16,17). The van der Waals surface area contributed by atoms with Crippen LogP contribution in [0.3, 0.4) is 0 Å². The van der Waals surface area contributed by atoms with Gasteiger partial charge >= 0.3 is 0 Å². The van der Waals surface area contributed by atoms with Crippen molar-refractivity contribution in [1.29, 1.82) is 0 Å². The van der Waals surface area contributed by atoms with Crippen molar-refractivity contribution < 1.29 is 13.9 Å². The molecule has 98 valence electrons. The number of hydrogen-bond donors (Lipinski definition) is 1. The Labute approximate surface area is 110 Å². The van der Waals surface area contributed by atoms with E-state index in [-0.39, 0.29) is 16.7 Å². The van der Waals surface area contributed by atoms with Crippen molar-refractivity contribution in [3.05, 3.63) is 29.6 Å². The summed E-state index contributed by atoms with van der Waals surface area (Å²) in [5, 5.41) is 2.72. The number of carbonyl (C=O) groups is 1. The number of halogens is 2. The molecule has 0 spiro atoms. The smallest absolute Gasteiger partial charge is 0.258 e. The van der Waals surface area contributed by atoms with E-state index in [9.17, 15) is 9.18 Å². The second kappa shape index (κ2) is 5.14. The van der Waals surface area contributed by atoms with Crippen LogP contribution in [-0.2, 0) is 0 Å². The number of methoxy groups -OCH3 is 1. The van der Waals surface area contributed by atoms with E-state index in [0.717, 1.165) is 12.8 Å². The van der Waals surface area contributed by atoms with Gasteiger partial charge in [-0.2, -0.15) is 0 Å². The number of hydrogen-bond acceptors (Lipinski definition) is 2. The molecule has 0 heterocycles. The zero-order chi connectivity index (χ0) is 13.2. The van der Waals surface area contributed by atoms with Gasteiger partial charge in [-0.05, 0) is 25.0 Å². The monoisotopic (exact) mass is 271 g/mol. The third-order valence-corrected chi connectivity index (χ3v) is 3.85. The first-order valence-corrected chi connectivity index (χ1v) is 6.32. The van der Waals surface area contributed by atoms with Gasteiger partial charge < -0.3 is 10.1 Å². The van der Waals surface area contributed by atoms with E-state index in [0.29, 0.717) is 12.4 Å². The maximum atomic E-state index is 13.6. The minimum Gasteiger partial charge on any atom is -0.496 e. The maximum Gasteiger partial charge on any atom is 0.258 e. The molecule has 1 fully saturated rings. The lowest BCUT2D eigenvalue weighted by Gasteiger charge is -2.14. The minimum atomic E-state index is -0.581. The first-order chi connectivity index (χ1) is 8.62. The van der Waals surface area contributed by atoms with Crippen molar-refractivity contribution in [1.82, 2.24) is 5.32 Å². The largest absolute Gasteiger partial charge is 0.496 e. The molecule has 1 aromatic carbocycles. The molecule has 1 amide bonds. The van der Waals surface area contributed by atoms with Gasteiger partial charge in [0.1, 0.15) is 17.1 Å². The highest BCUT2D eigenvalue weighted by Crippen LogP contribution is 2.45. The molecular weight excluding hydrogens is 257 g/mol. The summed E-state index contributed by atoms with van der Waals surface area (Å²) in [7, 11) is 1.41. The second-order valence-corrected chi connectivity index (χ2v) is 4.90. The number of carbonyl (C=O) groups excluding carboxylic acids is 1. The highest BCUT2D eigenvalue weighted by molar-refractivity contribution is 6.18. The van der Waals surface area contributed by atoms with Gasteiger partial charge in [0.25, 0.3) is 5.91 Å². The number of rotatable bonds is 5. The van der Waals surface area contributed by atoms with Crippen LogP contribution in [0.4, 0.5) is 4.39 Å². The molecule has 0 saturated heterocycles. The lowest BCUT2D eigenvalue weighted by atomic mass is 10.1. The molecule has 0 aliphatic heterocycles. The Hall–Kier alpha value is -1.29. The van der Waals surface area contributed by atoms with Crippen LogP contribution in [0.2, 0.25) is 0 Å². The fourth-order valence-corrected chi connectivity index (χ4v) is 2.15. The fraction of sp³-hybridized carbons (Fsp3) is 0.462. The zero-order valence-corrected chi connectivity index (χ0v) is 10.9. The summed E-state index contributed by atoms with van der Waals surface area (Å²) < 4.78 is 18.6. The van der Waals surface area contributed by atoms with Gasteiger partial charge in [0.15, 0.2) is 0 Å². The summed E-state index contributed by atoms with van der Waals surface area (Å²) in [6.45, 7) is 0.479. The summed E-state index contributed by atoms with van der Waals surface area (Å²) in [4.78, 5) is 12.0. The van der Waals surface area contributed by atoms with Gasteiger partial charge in [-0.3, -0.25) is 4.79 Å². The van der Waals surface area contributed by atoms with Crippen LogP contribution in [0.5, 0.6) is 5.75 Å². The van der Waals surface area contributed by atoms with Gasteiger partial charge in [0, 0.05) is 17.8 Å². The molecule has 2 rings (SSSR count). The molecule has 1 aromatic rings. The predicted octanol–water partition coefficient (Wildman–Crippen LogP) is 2.58. The number of alkyl halides is 1. The normalized spacial score (nSPS) is 16.2. The van der Waals surface area contributed by atoms with E-state index in [1.54, 1.807) is 6.07 Å². The molecule has 0 atom stereocenters. The van der Waals surface area contributed by atoms with Crippen LogP contribution >= 0.6 is 11.6 Å². The molecule has 5 heteroatoms. The second-order valence-electron chi connectivity index (χ2n) is 4.63. The molecule has 0 bridgehead atoms. The van der Waals surface area contributed by atoms with Crippen LogP contribution in [0.1, 0.15) is 23.2 Å². The Bertz CT molecular complexity index is 460. The summed E-state index contributed by atoms with van der Waals surface area (Å²) in [6.07, 6.45) is 2.01. The summed E-state index contributed by atoms with van der Waals surface area (Å²) >= 11 is 5.82. The highest BCUT2D eigenvalue weighted by atomic mass is 35.5. The highest BCUT2D eigenvalue weighted by Gasteiger charge is 2.42. The van der Waals surface area contributed by atoms with E-state index in [4.69, 9.17) is 16.3 Å². The van der Waals surface area contributed by atoms with Gasteiger partial charge in [0.05, 0.1) is 7.11 Å². The Kier molecular flexibility index (Phi) is 3.76. The fourth-order valence-electron chi connectivity index (χ4n) is 1.79.